The summed E-state index contributed by atoms with van der Waals surface area (Å²) in [7, 11) is 0. The monoisotopic (exact) mass is 567 g/mol. The lowest BCUT2D eigenvalue weighted by Gasteiger charge is -2.36. The maximum atomic E-state index is 13.2. The van der Waals surface area contributed by atoms with E-state index in [0.717, 1.165) is 35.1 Å². The molecule has 216 valence electrons. The second kappa shape index (κ2) is 10.4. The molecule has 0 unspecified atom stereocenters. The van der Waals surface area contributed by atoms with Crippen LogP contribution in [0.1, 0.15) is 80.9 Å². The fraction of sp³-hybridized carbons (Fsp3) is 0.419. The Labute approximate surface area is 243 Å². The number of likely N-dealkylation sites (tertiary alicyclic amines) is 1. The largest absolute Gasteiger partial charge is 0.424 e. The van der Waals surface area contributed by atoms with Crippen molar-refractivity contribution >= 4 is 17.7 Å². The number of hydrogen-bond donors (Lipinski definition) is 3. The molecule has 11 heteroatoms. The van der Waals surface area contributed by atoms with Gasteiger partial charge in [-0.05, 0) is 91.5 Å². The number of benzene rings is 2. The minimum absolute atomic E-state index is 0.0834. The highest BCUT2D eigenvalue weighted by molar-refractivity contribution is 5.94. The van der Waals surface area contributed by atoms with E-state index < -0.39 is 17.2 Å². The molecule has 1 saturated carbocycles. The topological polar surface area (TPSA) is 181 Å². The lowest BCUT2D eigenvalue weighted by molar-refractivity contribution is -0.131. The van der Waals surface area contributed by atoms with Gasteiger partial charge in [-0.15, -0.1) is 10.2 Å². The summed E-state index contributed by atoms with van der Waals surface area (Å²) in [5, 5.41) is 21.6. The first kappa shape index (κ1) is 27.6. The van der Waals surface area contributed by atoms with Crippen molar-refractivity contribution in [1.29, 1.82) is 5.26 Å². The highest BCUT2D eigenvalue weighted by Gasteiger charge is 2.54. The highest BCUT2D eigenvalue weighted by Crippen LogP contribution is 2.49. The molecular formula is C31H33N7O4. The van der Waals surface area contributed by atoms with E-state index in [1.165, 1.54) is 0 Å². The molecule has 3 amide bonds. The Morgan fingerprint density at radius 2 is 1.69 bits per heavy atom. The minimum atomic E-state index is -0.978. The molecule has 1 aromatic heterocycles. The van der Waals surface area contributed by atoms with Crippen LogP contribution < -0.4 is 16.8 Å². The molecule has 2 heterocycles. The number of carbonyl (C=O) groups is 3. The second-order valence-corrected chi connectivity index (χ2v) is 11.7. The molecule has 6 rings (SSSR count). The summed E-state index contributed by atoms with van der Waals surface area (Å²) >= 11 is 0. The number of hydrogen-bond acceptors (Lipinski definition) is 8. The molecule has 0 spiro atoms. The van der Waals surface area contributed by atoms with E-state index in [-0.39, 0.29) is 30.6 Å². The number of rotatable bonds is 8. The van der Waals surface area contributed by atoms with Gasteiger partial charge in [0.25, 0.3) is 0 Å². The van der Waals surface area contributed by atoms with Gasteiger partial charge in [0.05, 0.1) is 12.6 Å². The third kappa shape index (κ3) is 4.61. The number of aryl methyl sites for hydroxylation is 3. The van der Waals surface area contributed by atoms with Crippen LogP contribution in [-0.4, -0.2) is 57.5 Å². The van der Waals surface area contributed by atoms with Crippen LogP contribution in [0, 0.1) is 24.2 Å². The van der Waals surface area contributed by atoms with E-state index in [4.69, 9.17) is 15.9 Å². The molecule has 4 atom stereocenters. The van der Waals surface area contributed by atoms with Crippen LogP contribution in [0.3, 0.4) is 0 Å². The van der Waals surface area contributed by atoms with Crippen molar-refractivity contribution in [3.8, 4) is 6.07 Å². The van der Waals surface area contributed by atoms with Gasteiger partial charge in [0, 0.05) is 30.1 Å². The molecule has 1 saturated heterocycles. The molecule has 0 radical (unpaired) electrons. The lowest BCUT2D eigenvalue weighted by Crippen LogP contribution is -2.46. The molecule has 42 heavy (non-hydrogen) atoms. The summed E-state index contributed by atoms with van der Waals surface area (Å²) < 4.78 is 6.16. The van der Waals surface area contributed by atoms with Crippen molar-refractivity contribution in [2.24, 2.45) is 17.4 Å². The van der Waals surface area contributed by atoms with E-state index in [2.05, 4.69) is 21.6 Å². The third-order valence-electron chi connectivity index (χ3n) is 9.01. The fourth-order valence-corrected chi connectivity index (χ4v) is 6.98. The molecule has 1 aliphatic heterocycles. The number of amides is 3. The zero-order valence-corrected chi connectivity index (χ0v) is 23.6. The average molecular weight is 568 g/mol. The van der Waals surface area contributed by atoms with Crippen molar-refractivity contribution in [1.82, 2.24) is 20.4 Å². The standard InChI is InChI=1S/C31H33N7O4/c1-16(35-15-27(39)38-23(14-32)11-22-12-26(22)38)13-31(30-37-36-17(2)42-30)24-7-5-20(28(33)40)9-18(24)3-4-19-10-21(29(34)41)6-8-25(19)31/h5-10,16,22-23,26,35H,3-4,11-13,15H2,1-2H3,(H2,33,40)(H2,34,41)/t16-,22+,23-,26-/m0/s1. The number of aromatic nitrogens is 2. The maximum absolute atomic E-state index is 13.2. The summed E-state index contributed by atoms with van der Waals surface area (Å²) in [4.78, 5) is 39.2. The van der Waals surface area contributed by atoms with E-state index in [0.29, 0.717) is 48.1 Å². The van der Waals surface area contributed by atoms with Crippen LogP contribution in [0.2, 0.25) is 0 Å². The number of fused-ring (bicyclic) bond motifs is 3. The smallest absolute Gasteiger partial charge is 0.248 e. The zero-order chi connectivity index (χ0) is 29.8. The molecule has 2 aromatic carbocycles. The van der Waals surface area contributed by atoms with E-state index >= 15 is 0 Å². The summed E-state index contributed by atoms with van der Waals surface area (Å²) in [6.07, 6.45) is 3.28. The number of nitrogens with one attached hydrogen (secondary N) is 1. The minimum Gasteiger partial charge on any atom is -0.424 e. The summed E-state index contributed by atoms with van der Waals surface area (Å²) in [6, 6.07) is 12.6. The van der Waals surface area contributed by atoms with Gasteiger partial charge >= 0.3 is 0 Å². The fourth-order valence-electron chi connectivity index (χ4n) is 6.98. The zero-order valence-electron chi connectivity index (χ0n) is 23.6. The van der Waals surface area contributed by atoms with Crippen LogP contribution in [-0.2, 0) is 23.1 Å². The molecule has 2 aliphatic carbocycles. The van der Waals surface area contributed by atoms with Gasteiger partial charge in [-0.25, -0.2) is 0 Å². The number of carbonyl (C=O) groups excluding carboxylic acids is 3. The van der Waals surface area contributed by atoms with Crippen molar-refractivity contribution in [2.75, 3.05) is 6.54 Å². The quantitative estimate of drug-likeness (QED) is 0.369. The molecule has 2 fully saturated rings. The van der Waals surface area contributed by atoms with E-state index in [9.17, 15) is 19.6 Å². The summed E-state index contributed by atoms with van der Waals surface area (Å²) in [5.41, 5.74) is 14.6. The van der Waals surface area contributed by atoms with Crippen LogP contribution in [0.25, 0.3) is 0 Å². The molecule has 3 aliphatic rings. The summed E-state index contributed by atoms with van der Waals surface area (Å²) in [5.74, 6) is 0.0609. The number of nitriles is 1. The van der Waals surface area contributed by atoms with Crippen LogP contribution in [0.15, 0.2) is 40.8 Å². The molecule has 11 nitrogen and oxygen atoms in total. The third-order valence-corrected chi connectivity index (χ3v) is 9.01. The number of nitrogens with two attached hydrogens (primary N) is 2. The second-order valence-electron chi connectivity index (χ2n) is 11.7. The van der Waals surface area contributed by atoms with Crippen molar-refractivity contribution < 1.29 is 18.8 Å². The Bertz CT molecular complexity index is 1570. The molecule has 5 N–H and O–H groups in total. The lowest BCUT2D eigenvalue weighted by atomic mass is 9.68. The van der Waals surface area contributed by atoms with Gasteiger partial charge in [0.2, 0.25) is 29.5 Å². The van der Waals surface area contributed by atoms with Gasteiger partial charge in [0.15, 0.2) is 0 Å². The van der Waals surface area contributed by atoms with Gasteiger partial charge in [-0.2, -0.15) is 5.26 Å². The van der Waals surface area contributed by atoms with Gasteiger partial charge < -0.3 is 26.1 Å². The van der Waals surface area contributed by atoms with Gasteiger partial charge in [-0.1, -0.05) is 12.1 Å². The Morgan fingerprint density at radius 1 is 1.07 bits per heavy atom. The van der Waals surface area contributed by atoms with Gasteiger partial charge in [-0.3, -0.25) is 14.4 Å². The molecule has 0 bridgehead atoms. The van der Waals surface area contributed by atoms with E-state index in [1.807, 2.05) is 19.1 Å². The van der Waals surface area contributed by atoms with Gasteiger partial charge in [0.1, 0.15) is 11.5 Å². The first-order chi connectivity index (χ1) is 20.1. The van der Waals surface area contributed by atoms with Crippen LogP contribution in [0.4, 0.5) is 0 Å². The average Bonchev–Trinajstić information content (AvgIpc) is 3.46. The number of piperidine rings is 1. The highest BCUT2D eigenvalue weighted by atomic mass is 16.4. The Balaban J connectivity index is 1.42. The predicted octanol–water partition coefficient (Wildman–Crippen LogP) is 1.89. The van der Waals surface area contributed by atoms with Crippen molar-refractivity contribution in [2.45, 2.75) is 69.5 Å². The predicted molar refractivity (Wildman–Crippen MR) is 151 cm³/mol. The Kier molecular flexibility index (Phi) is 6.81. The Morgan fingerprint density at radius 3 is 2.21 bits per heavy atom. The molecular weight excluding hydrogens is 534 g/mol. The maximum Gasteiger partial charge on any atom is 0.248 e. The number of nitrogens with zero attached hydrogens (tertiary/aromatic N) is 4. The first-order valence-corrected chi connectivity index (χ1v) is 14.2. The van der Waals surface area contributed by atoms with Crippen molar-refractivity contribution in [3.05, 3.63) is 81.6 Å². The Hall–Kier alpha value is -4.56. The first-order valence-electron chi connectivity index (χ1n) is 14.2. The normalized spacial score (nSPS) is 22.2. The van der Waals surface area contributed by atoms with Crippen LogP contribution in [0.5, 0.6) is 0 Å². The summed E-state index contributed by atoms with van der Waals surface area (Å²) in [6.45, 7) is 3.80. The SMILES string of the molecule is Cc1nnc(C2(C[C@H](C)NCC(=O)N3[C@H](C#N)C[C@@H]4C[C@@H]43)c3ccc(C(N)=O)cc3CCc3cc(C(N)=O)ccc32)o1. The number of primary amides is 2. The van der Waals surface area contributed by atoms with Crippen LogP contribution >= 0.6 is 0 Å². The molecule has 3 aromatic rings. The van der Waals surface area contributed by atoms with Crippen molar-refractivity contribution in [3.63, 3.8) is 0 Å². The van der Waals surface area contributed by atoms with E-state index in [1.54, 1.807) is 36.1 Å².